The SMILES string of the molecule is CCN(CC)c1nc(NN)nc(N(C)CC(C)(C)C)n1. The highest BCUT2D eigenvalue weighted by Crippen LogP contribution is 2.20. The Morgan fingerprint density at radius 2 is 1.60 bits per heavy atom. The Labute approximate surface area is 121 Å². The van der Waals surface area contributed by atoms with Crippen molar-refractivity contribution in [3.8, 4) is 0 Å². The van der Waals surface area contributed by atoms with Crippen LogP contribution in [0.15, 0.2) is 0 Å². The first kappa shape index (κ1) is 16.4. The van der Waals surface area contributed by atoms with Gasteiger partial charge in [0, 0.05) is 26.7 Å². The molecule has 1 aromatic rings. The molecule has 0 spiro atoms. The van der Waals surface area contributed by atoms with E-state index in [-0.39, 0.29) is 5.41 Å². The molecule has 1 heterocycles. The third-order valence-corrected chi connectivity index (χ3v) is 2.84. The number of nitrogens with two attached hydrogens (primary N) is 1. The van der Waals surface area contributed by atoms with Gasteiger partial charge in [0.15, 0.2) is 0 Å². The normalized spacial score (nSPS) is 11.3. The molecule has 0 amide bonds. The maximum atomic E-state index is 5.46. The minimum absolute atomic E-state index is 0.160. The number of nitrogens with zero attached hydrogens (tertiary/aromatic N) is 5. The number of nitrogen functional groups attached to an aromatic ring is 1. The van der Waals surface area contributed by atoms with Crippen LogP contribution in [0.2, 0.25) is 0 Å². The Hall–Kier alpha value is -1.63. The molecular formula is C13H27N7. The van der Waals surface area contributed by atoms with E-state index in [1.54, 1.807) is 0 Å². The summed E-state index contributed by atoms with van der Waals surface area (Å²) in [6.07, 6.45) is 0. The molecule has 1 aromatic heterocycles. The van der Waals surface area contributed by atoms with Gasteiger partial charge in [0.05, 0.1) is 0 Å². The van der Waals surface area contributed by atoms with E-state index in [2.05, 4.69) is 59.9 Å². The Kier molecular flexibility index (Phi) is 5.50. The summed E-state index contributed by atoms with van der Waals surface area (Å²) < 4.78 is 0. The summed E-state index contributed by atoms with van der Waals surface area (Å²) in [6.45, 7) is 13.2. The number of hydrazine groups is 1. The van der Waals surface area contributed by atoms with Gasteiger partial charge >= 0.3 is 0 Å². The van der Waals surface area contributed by atoms with E-state index in [0.717, 1.165) is 19.6 Å². The maximum absolute atomic E-state index is 5.46. The summed E-state index contributed by atoms with van der Waals surface area (Å²) in [5.41, 5.74) is 2.67. The average molecular weight is 281 g/mol. The minimum atomic E-state index is 0.160. The molecule has 0 aliphatic heterocycles. The van der Waals surface area contributed by atoms with E-state index in [0.29, 0.717) is 17.8 Å². The van der Waals surface area contributed by atoms with Crippen LogP contribution in [0.3, 0.4) is 0 Å². The summed E-state index contributed by atoms with van der Waals surface area (Å²) in [5, 5.41) is 0. The quantitative estimate of drug-likeness (QED) is 0.603. The molecule has 0 saturated carbocycles. The molecule has 0 radical (unpaired) electrons. The van der Waals surface area contributed by atoms with Gasteiger partial charge < -0.3 is 9.80 Å². The van der Waals surface area contributed by atoms with E-state index >= 15 is 0 Å². The molecule has 0 atom stereocenters. The Morgan fingerprint density at radius 1 is 1.05 bits per heavy atom. The van der Waals surface area contributed by atoms with Gasteiger partial charge in [0.1, 0.15) is 0 Å². The first-order valence-corrected chi connectivity index (χ1v) is 6.99. The standard InChI is InChI=1S/C13H27N7/c1-7-20(8-2)12-16-10(18-14)15-11(17-12)19(6)9-13(3,4)5/h7-9,14H2,1-6H3,(H,15,16,17,18). The number of rotatable bonds is 6. The summed E-state index contributed by atoms with van der Waals surface area (Å²) in [7, 11) is 1.98. The minimum Gasteiger partial charge on any atom is -0.343 e. The third-order valence-electron chi connectivity index (χ3n) is 2.84. The van der Waals surface area contributed by atoms with Gasteiger partial charge in [-0.3, -0.25) is 5.43 Å². The number of hydrogen-bond acceptors (Lipinski definition) is 7. The predicted octanol–water partition coefficient (Wildman–Crippen LogP) is 1.49. The van der Waals surface area contributed by atoms with E-state index in [4.69, 9.17) is 5.84 Å². The highest BCUT2D eigenvalue weighted by Gasteiger charge is 2.18. The number of aromatic nitrogens is 3. The first-order chi connectivity index (χ1) is 9.30. The van der Waals surface area contributed by atoms with Crippen molar-refractivity contribution in [2.75, 3.05) is 41.9 Å². The fraction of sp³-hybridized carbons (Fsp3) is 0.769. The topological polar surface area (TPSA) is 83.2 Å². The van der Waals surface area contributed by atoms with Crippen molar-refractivity contribution < 1.29 is 0 Å². The highest BCUT2D eigenvalue weighted by molar-refractivity contribution is 5.44. The van der Waals surface area contributed by atoms with Crippen LogP contribution in [0.25, 0.3) is 0 Å². The van der Waals surface area contributed by atoms with Gasteiger partial charge in [-0.15, -0.1) is 0 Å². The molecule has 7 heteroatoms. The van der Waals surface area contributed by atoms with Gasteiger partial charge in [-0.1, -0.05) is 20.8 Å². The second-order valence-electron chi connectivity index (χ2n) is 5.99. The fourth-order valence-corrected chi connectivity index (χ4v) is 2.02. The molecule has 0 saturated heterocycles. The molecule has 0 fully saturated rings. The zero-order valence-electron chi connectivity index (χ0n) is 13.4. The highest BCUT2D eigenvalue weighted by atomic mass is 15.4. The lowest BCUT2D eigenvalue weighted by molar-refractivity contribution is 0.416. The van der Waals surface area contributed by atoms with Gasteiger partial charge in [-0.25, -0.2) is 5.84 Å². The summed E-state index contributed by atoms with van der Waals surface area (Å²) in [5.74, 6) is 7.12. The summed E-state index contributed by atoms with van der Waals surface area (Å²) >= 11 is 0. The third kappa shape index (κ3) is 4.48. The van der Waals surface area contributed by atoms with Crippen LogP contribution in [0.5, 0.6) is 0 Å². The molecule has 0 aromatic carbocycles. The molecule has 7 nitrogen and oxygen atoms in total. The monoisotopic (exact) mass is 281 g/mol. The smallest absolute Gasteiger partial charge is 0.243 e. The van der Waals surface area contributed by atoms with Crippen LogP contribution in [0, 0.1) is 5.41 Å². The molecule has 1 rings (SSSR count). The van der Waals surface area contributed by atoms with Crippen molar-refractivity contribution in [3.05, 3.63) is 0 Å². The Morgan fingerprint density at radius 3 is 2.05 bits per heavy atom. The van der Waals surface area contributed by atoms with Crippen LogP contribution in [0.1, 0.15) is 34.6 Å². The molecule has 0 bridgehead atoms. The average Bonchev–Trinajstić information content (AvgIpc) is 2.37. The van der Waals surface area contributed by atoms with E-state index in [1.165, 1.54) is 0 Å². The van der Waals surface area contributed by atoms with Gasteiger partial charge in [0.25, 0.3) is 0 Å². The molecule has 0 aliphatic rings. The Bertz CT molecular complexity index is 423. The van der Waals surface area contributed by atoms with Crippen molar-refractivity contribution in [2.24, 2.45) is 11.3 Å². The van der Waals surface area contributed by atoms with Gasteiger partial charge in [-0.2, -0.15) is 15.0 Å². The lowest BCUT2D eigenvalue weighted by Crippen LogP contribution is -2.32. The van der Waals surface area contributed by atoms with Crippen LogP contribution >= 0.6 is 0 Å². The number of hydrogen-bond donors (Lipinski definition) is 2. The van der Waals surface area contributed by atoms with E-state index in [9.17, 15) is 0 Å². The molecule has 114 valence electrons. The van der Waals surface area contributed by atoms with Crippen molar-refractivity contribution in [3.63, 3.8) is 0 Å². The van der Waals surface area contributed by atoms with Crippen molar-refractivity contribution >= 4 is 17.8 Å². The zero-order valence-corrected chi connectivity index (χ0v) is 13.4. The second kappa shape index (κ2) is 6.69. The molecule has 0 aliphatic carbocycles. The molecule has 3 N–H and O–H groups in total. The van der Waals surface area contributed by atoms with Crippen LogP contribution in [-0.4, -0.2) is 41.6 Å². The summed E-state index contributed by atoms with van der Waals surface area (Å²) in [6, 6.07) is 0. The second-order valence-corrected chi connectivity index (χ2v) is 5.99. The number of anilines is 3. The molecule has 20 heavy (non-hydrogen) atoms. The van der Waals surface area contributed by atoms with Gasteiger partial charge in [0.2, 0.25) is 17.8 Å². The summed E-state index contributed by atoms with van der Waals surface area (Å²) in [4.78, 5) is 17.3. The Balaban J connectivity index is 3.10. The fourth-order valence-electron chi connectivity index (χ4n) is 2.02. The largest absolute Gasteiger partial charge is 0.343 e. The lowest BCUT2D eigenvalue weighted by Gasteiger charge is -2.27. The van der Waals surface area contributed by atoms with E-state index in [1.807, 2.05) is 11.9 Å². The predicted molar refractivity (Wildman–Crippen MR) is 83.9 cm³/mol. The lowest BCUT2D eigenvalue weighted by atomic mass is 9.96. The number of nitrogens with one attached hydrogen (secondary N) is 1. The zero-order chi connectivity index (χ0) is 15.3. The van der Waals surface area contributed by atoms with Crippen LogP contribution in [0.4, 0.5) is 17.8 Å². The molecular weight excluding hydrogens is 254 g/mol. The first-order valence-electron chi connectivity index (χ1n) is 6.99. The van der Waals surface area contributed by atoms with Crippen molar-refractivity contribution in [1.29, 1.82) is 0 Å². The molecule has 0 unspecified atom stereocenters. The maximum Gasteiger partial charge on any atom is 0.243 e. The van der Waals surface area contributed by atoms with Crippen LogP contribution < -0.4 is 21.1 Å². The van der Waals surface area contributed by atoms with Crippen molar-refractivity contribution in [2.45, 2.75) is 34.6 Å². The van der Waals surface area contributed by atoms with Gasteiger partial charge in [-0.05, 0) is 19.3 Å². The van der Waals surface area contributed by atoms with E-state index < -0.39 is 0 Å². The van der Waals surface area contributed by atoms with Crippen molar-refractivity contribution in [1.82, 2.24) is 15.0 Å². The van der Waals surface area contributed by atoms with Crippen LogP contribution in [-0.2, 0) is 0 Å².